The second-order valence-corrected chi connectivity index (χ2v) is 23.0. The molecule has 9 heteroatoms. The van der Waals surface area contributed by atoms with Crippen LogP contribution in [0.25, 0.3) is 0 Å². The molecule has 83 heavy (non-hydrogen) atoms. The Morgan fingerprint density at radius 2 is 0.783 bits per heavy atom. The molecule has 5 rings (SSSR count). The minimum atomic E-state index is -0.675. The molecule has 4 aromatic rings. The molecule has 6 atom stereocenters. The first-order valence-corrected chi connectivity index (χ1v) is 32.9. The lowest BCUT2D eigenvalue weighted by atomic mass is 9.91. The molecule has 0 amide bonds. The largest absolute Gasteiger partial charge is 0.462 e. The van der Waals surface area contributed by atoms with E-state index in [1.54, 1.807) is 0 Å². The minimum Gasteiger partial charge on any atom is -0.462 e. The van der Waals surface area contributed by atoms with Crippen LogP contribution in [0.4, 0.5) is 0 Å². The van der Waals surface area contributed by atoms with Crippen LogP contribution in [0.15, 0.2) is 146 Å². The van der Waals surface area contributed by atoms with E-state index in [1.165, 1.54) is 103 Å². The summed E-state index contributed by atoms with van der Waals surface area (Å²) in [6, 6.07) is 40.6. The van der Waals surface area contributed by atoms with Crippen LogP contribution in [-0.4, -0.2) is 61.8 Å². The van der Waals surface area contributed by atoms with Crippen molar-refractivity contribution in [2.75, 3.05) is 13.2 Å². The Kier molecular flexibility index (Phi) is 38.5. The van der Waals surface area contributed by atoms with Crippen LogP contribution in [0.1, 0.15) is 229 Å². The zero-order chi connectivity index (χ0) is 58.3. The second kappa shape index (κ2) is 46.4. The topological polar surface area (TPSA) is 98.8 Å². The summed E-state index contributed by atoms with van der Waals surface area (Å²) in [7, 11) is 0. The monoisotopic (exact) mass is 1140 g/mol. The molecular formula is C74H108O9. The van der Waals surface area contributed by atoms with Crippen LogP contribution in [0.2, 0.25) is 0 Å². The lowest BCUT2D eigenvalue weighted by Crippen LogP contribution is -2.61. The van der Waals surface area contributed by atoms with Crippen molar-refractivity contribution in [3.63, 3.8) is 0 Å². The Balaban J connectivity index is 1.24. The highest BCUT2D eigenvalue weighted by Gasteiger charge is 2.48. The number of benzene rings is 4. The molecule has 9 nitrogen and oxygen atoms in total. The quantitative estimate of drug-likeness (QED) is 0.0243. The van der Waals surface area contributed by atoms with Crippen molar-refractivity contribution < 1.29 is 42.7 Å². The Morgan fingerprint density at radius 3 is 1.22 bits per heavy atom. The standard InChI is InChI=1S/C74H108O9/c1-3-5-7-9-11-13-15-17-19-21-23-25-27-29-43-53-70(75)78-61-67(82-71(76)54-44-30-28-26-24-22-20-18-16-14-12-10-8-6-4-2)55-56-68-72(79-58-64-47-37-32-38-48-64)74(81-60-66-51-41-34-42-52-66)73(80-59-65-49-39-33-40-50-65)69(83-68)62-77-57-63-45-35-31-36-46-63/h17-20,31-42,45-52,67-69,72-74H,3-16,21-30,43-44,53-62H2,1-2H3/b19-17-,20-18-/t67-,68-,69+,72-,73+,74+/m0/s1. The molecule has 0 unspecified atom stereocenters. The Hall–Kier alpha value is -4.90. The van der Waals surface area contributed by atoms with E-state index in [4.69, 9.17) is 33.2 Å². The molecule has 0 N–H and O–H groups in total. The zero-order valence-electron chi connectivity index (χ0n) is 51.5. The first-order chi connectivity index (χ1) is 41.0. The van der Waals surface area contributed by atoms with Crippen molar-refractivity contribution in [1.29, 1.82) is 0 Å². The zero-order valence-corrected chi connectivity index (χ0v) is 51.5. The SMILES string of the molecule is CCCCCCCC/C=C\CCCCCCCC(=O)OC[C@H](CC[C@@H]1O[C@H](COCc2ccccc2)[C@@H](OCc2ccccc2)[C@H](OCc2ccccc2)[C@H]1OCc1ccccc1)OC(=O)CCCCCCC/C=C\CCCCCCCC. The van der Waals surface area contributed by atoms with Gasteiger partial charge < -0.3 is 33.2 Å². The normalized spacial score (nSPS) is 17.5. The Morgan fingerprint density at radius 1 is 0.422 bits per heavy atom. The van der Waals surface area contributed by atoms with Crippen LogP contribution in [0.5, 0.6) is 0 Å². The van der Waals surface area contributed by atoms with E-state index in [-0.39, 0.29) is 25.2 Å². The molecule has 1 aliphatic heterocycles. The van der Waals surface area contributed by atoms with Gasteiger partial charge in [0.15, 0.2) is 0 Å². The van der Waals surface area contributed by atoms with E-state index < -0.39 is 36.6 Å². The summed E-state index contributed by atoms with van der Waals surface area (Å²) in [5, 5.41) is 0. The molecule has 0 aliphatic carbocycles. The lowest BCUT2D eigenvalue weighted by Gasteiger charge is -2.46. The molecule has 1 aliphatic rings. The van der Waals surface area contributed by atoms with Crippen molar-refractivity contribution in [1.82, 2.24) is 0 Å². The highest BCUT2D eigenvalue weighted by atomic mass is 16.6. The van der Waals surface area contributed by atoms with Crippen LogP contribution < -0.4 is 0 Å². The summed E-state index contributed by atoms with van der Waals surface area (Å²) in [6.07, 6.45) is 38.2. The third kappa shape index (κ3) is 32.3. The van der Waals surface area contributed by atoms with Crippen LogP contribution >= 0.6 is 0 Å². The van der Waals surface area contributed by atoms with Gasteiger partial charge in [-0.3, -0.25) is 9.59 Å². The average Bonchev–Trinajstić information content (AvgIpc) is 3.55. The van der Waals surface area contributed by atoms with Gasteiger partial charge in [-0.2, -0.15) is 0 Å². The molecule has 0 radical (unpaired) electrons. The van der Waals surface area contributed by atoms with Gasteiger partial charge in [0.1, 0.15) is 37.1 Å². The number of rotatable bonds is 49. The molecule has 0 spiro atoms. The predicted molar refractivity (Wildman–Crippen MR) is 339 cm³/mol. The number of unbranched alkanes of at least 4 members (excludes halogenated alkanes) is 22. The fourth-order valence-electron chi connectivity index (χ4n) is 10.8. The van der Waals surface area contributed by atoms with Gasteiger partial charge >= 0.3 is 11.9 Å². The van der Waals surface area contributed by atoms with E-state index in [1.807, 2.05) is 72.8 Å². The molecule has 458 valence electrons. The number of esters is 2. The molecule has 1 fully saturated rings. The maximum atomic E-state index is 13.7. The molecule has 0 bridgehead atoms. The summed E-state index contributed by atoms with van der Waals surface area (Å²) in [6.45, 7) is 6.13. The smallest absolute Gasteiger partial charge is 0.306 e. The van der Waals surface area contributed by atoms with E-state index in [9.17, 15) is 9.59 Å². The third-order valence-corrected chi connectivity index (χ3v) is 15.8. The number of carbonyl (C=O) groups is 2. The average molecular weight is 1140 g/mol. The van der Waals surface area contributed by atoms with Gasteiger partial charge in [0.2, 0.25) is 0 Å². The third-order valence-electron chi connectivity index (χ3n) is 15.8. The van der Waals surface area contributed by atoms with E-state index in [2.05, 4.69) is 86.7 Å². The number of hydrogen-bond donors (Lipinski definition) is 0. The van der Waals surface area contributed by atoms with Crippen molar-refractivity contribution >= 4 is 11.9 Å². The van der Waals surface area contributed by atoms with E-state index in [0.29, 0.717) is 52.1 Å². The highest BCUT2D eigenvalue weighted by molar-refractivity contribution is 5.70. The van der Waals surface area contributed by atoms with E-state index in [0.717, 1.165) is 86.5 Å². The van der Waals surface area contributed by atoms with Crippen LogP contribution in [0, 0.1) is 0 Å². The van der Waals surface area contributed by atoms with Gasteiger partial charge in [0.25, 0.3) is 0 Å². The fraction of sp³-hybridized carbons (Fsp3) is 0.595. The van der Waals surface area contributed by atoms with Gasteiger partial charge in [-0.25, -0.2) is 0 Å². The second-order valence-electron chi connectivity index (χ2n) is 23.0. The summed E-state index contributed by atoms with van der Waals surface area (Å²) < 4.78 is 46.8. The van der Waals surface area contributed by atoms with Gasteiger partial charge in [0.05, 0.1) is 39.1 Å². The highest BCUT2D eigenvalue weighted by Crippen LogP contribution is 2.34. The molecular weight excluding hydrogens is 1030 g/mol. The Bertz CT molecular complexity index is 2220. The lowest BCUT2D eigenvalue weighted by molar-refractivity contribution is -0.274. The maximum absolute atomic E-state index is 13.7. The van der Waals surface area contributed by atoms with Crippen LogP contribution in [-0.2, 0) is 69.2 Å². The summed E-state index contributed by atoms with van der Waals surface area (Å²) in [4.78, 5) is 27.1. The molecule has 1 heterocycles. The molecule has 0 saturated carbocycles. The minimum absolute atomic E-state index is 0.0232. The summed E-state index contributed by atoms with van der Waals surface area (Å²) in [5.41, 5.74) is 4.13. The van der Waals surface area contributed by atoms with Gasteiger partial charge in [-0.05, 0) is 99.3 Å². The van der Waals surface area contributed by atoms with Crippen molar-refractivity contribution in [3.05, 3.63) is 168 Å². The van der Waals surface area contributed by atoms with Gasteiger partial charge in [-0.1, -0.05) is 262 Å². The van der Waals surface area contributed by atoms with E-state index >= 15 is 0 Å². The maximum Gasteiger partial charge on any atom is 0.306 e. The molecule has 4 aromatic carbocycles. The first kappa shape index (κ1) is 68.9. The number of carbonyl (C=O) groups excluding carboxylic acids is 2. The van der Waals surface area contributed by atoms with Gasteiger partial charge in [-0.15, -0.1) is 0 Å². The summed E-state index contributed by atoms with van der Waals surface area (Å²) >= 11 is 0. The van der Waals surface area contributed by atoms with Gasteiger partial charge in [0, 0.05) is 12.8 Å². The van der Waals surface area contributed by atoms with Crippen LogP contribution in [0.3, 0.4) is 0 Å². The molecule has 0 aromatic heterocycles. The van der Waals surface area contributed by atoms with Crippen molar-refractivity contribution in [2.45, 2.75) is 270 Å². The molecule has 1 saturated heterocycles. The van der Waals surface area contributed by atoms with Crippen molar-refractivity contribution in [2.24, 2.45) is 0 Å². The summed E-state index contributed by atoms with van der Waals surface area (Å²) in [5.74, 6) is -0.532. The predicted octanol–water partition coefficient (Wildman–Crippen LogP) is 19.0. The Labute approximate surface area is 503 Å². The van der Waals surface area contributed by atoms with Crippen molar-refractivity contribution in [3.8, 4) is 0 Å². The first-order valence-electron chi connectivity index (χ1n) is 32.9. The fourth-order valence-corrected chi connectivity index (χ4v) is 10.8. The number of hydrogen-bond acceptors (Lipinski definition) is 9. The number of ether oxygens (including phenoxy) is 7. The number of allylic oxidation sites excluding steroid dienone is 4.